The Bertz CT molecular complexity index is 386. The Morgan fingerprint density at radius 2 is 2.07 bits per heavy atom. The molecule has 1 aromatic rings. The first-order chi connectivity index (χ1) is 6.50. The van der Waals surface area contributed by atoms with Crippen molar-refractivity contribution in [3.63, 3.8) is 0 Å². The molecule has 0 aliphatic carbocycles. The van der Waals surface area contributed by atoms with Crippen molar-refractivity contribution >= 4 is 16.6 Å². The standard InChI is InChI=1S/C9H10O4S/c1-14(13)5-9(12)7-3-2-6(10)4-8(7)11/h2-4,10-11H,5H2,1H3. The van der Waals surface area contributed by atoms with Gasteiger partial charge in [0.1, 0.15) is 11.5 Å². The molecule has 0 radical (unpaired) electrons. The predicted octanol–water partition coefficient (Wildman–Crippen LogP) is 0.659. The SMILES string of the molecule is CS(=O)CC(=O)c1ccc(O)cc1O. The zero-order valence-corrected chi connectivity index (χ0v) is 8.37. The molecular formula is C9H10O4S. The Balaban J connectivity index is 2.96. The normalized spacial score (nSPS) is 12.4. The molecular weight excluding hydrogens is 204 g/mol. The van der Waals surface area contributed by atoms with E-state index in [0.717, 1.165) is 6.07 Å². The van der Waals surface area contributed by atoms with Crippen molar-refractivity contribution < 1.29 is 19.2 Å². The molecule has 0 aromatic heterocycles. The largest absolute Gasteiger partial charge is 0.508 e. The van der Waals surface area contributed by atoms with Crippen LogP contribution < -0.4 is 0 Å². The molecule has 1 atom stereocenters. The van der Waals surface area contributed by atoms with Crippen molar-refractivity contribution in [3.05, 3.63) is 23.8 Å². The minimum absolute atomic E-state index is 0.0815. The number of rotatable bonds is 3. The molecule has 76 valence electrons. The molecule has 0 amide bonds. The van der Waals surface area contributed by atoms with Crippen LogP contribution in [0.2, 0.25) is 0 Å². The number of aromatic hydroxyl groups is 2. The summed E-state index contributed by atoms with van der Waals surface area (Å²) in [5.41, 5.74) is 0.0815. The van der Waals surface area contributed by atoms with E-state index in [1.54, 1.807) is 0 Å². The molecule has 14 heavy (non-hydrogen) atoms. The van der Waals surface area contributed by atoms with Gasteiger partial charge in [-0.05, 0) is 12.1 Å². The molecule has 0 bridgehead atoms. The minimum Gasteiger partial charge on any atom is -0.508 e. The van der Waals surface area contributed by atoms with Crippen LogP contribution in [-0.2, 0) is 10.8 Å². The highest BCUT2D eigenvalue weighted by Crippen LogP contribution is 2.22. The molecule has 2 N–H and O–H groups in total. The van der Waals surface area contributed by atoms with Crippen molar-refractivity contribution in [2.24, 2.45) is 0 Å². The third kappa shape index (κ3) is 2.56. The monoisotopic (exact) mass is 214 g/mol. The Hall–Kier alpha value is -1.36. The summed E-state index contributed by atoms with van der Waals surface area (Å²) >= 11 is 0. The second-order valence-corrected chi connectivity index (χ2v) is 4.28. The van der Waals surface area contributed by atoms with Gasteiger partial charge < -0.3 is 10.2 Å². The fraction of sp³-hybridized carbons (Fsp3) is 0.222. The van der Waals surface area contributed by atoms with Crippen LogP contribution in [-0.4, -0.2) is 32.2 Å². The molecule has 0 fully saturated rings. The van der Waals surface area contributed by atoms with E-state index < -0.39 is 16.6 Å². The van der Waals surface area contributed by atoms with Crippen LogP contribution in [0.1, 0.15) is 10.4 Å². The smallest absolute Gasteiger partial charge is 0.179 e. The summed E-state index contributed by atoms with van der Waals surface area (Å²) in [6, 6.07) is 3.68. The summed E-state index contributed by atoms with van der Waals surface area (Å²) in [7, 11) is -1.23. The summed E-state index contributed by atoms with van der Waals surface area (Å²) in [5.74, 6) is -0.932. The van der Waals surface area contributed by atoms with Gasteiger partial charge in [-0.3, -0.25) is 9.00 Å². The van der Waals surface area contributed by atoms with Crippen molar-refractivity contribution in [1.29, 1.82) is 0 Å². The van der Waals surface area contributed by atoms with Gasteiger partial charge in [-0.15, -0.1) is 0 Å². The van der Waals surface area contributed by atoms with Crippen molar-refractivity contribution in [3.8, 4) is 11.5 Å². The van der Waals surface area contributed by atoms with Crippen molar-refractivity contribution in [2.75, 3.05) is 12.0 Å². The van der Waals surface area contributed by atoms with E-state index >= 15 is 0 Å². The maximum atomic E-state index is 11.4. The lowest BCUT2D eigenvalue weighted by molar-refractivity contribution is 0.101. The summed E-state index contributed by atoms with van der Waals surface area (Å²) < 4.78 is 10.8. The number of Topliss-reactive ketones (excluding diaryl/α,β-unsaturated/α-hetero) is 1. The van der Waals surface area contributed by atoms with Gasteiger partial charge in [0.2, 0.25) is 0 Å². The lowest BCUT2D eigenvalue weighted by Gasteiger charge is -2.02. The topological polar surface area (TPSA) is 74.6 Å². The van der Waals surface area contributed by atoms with Crippen LogP contribution in [0.5, 0.6) is 11.5 Å². The van der Waals surface area contributed by atoms with E-state index in [0.29, 0.717) is 0 Å². The number of phenolic OH excluding ortho intramolecular Hbond substituents is 2. The molecule has 1 aromatic carbocycles. The van der Waals surface area contributed by atoms with E-state index in [9.17, 15) is 14.1 Å². The molecule has 0 aliphatic rings. The van der Waals surface area contributed by atoms with Gasteiger partial charge in [0.05, 0.1) is 11.3 Å². The van der Waals surface area contributed by atoms with E-state index in [2.05, 4.69) is 0 Å². The minimum atomic E-state index is -1.23. The number of ketones is 1. The quantitative estimate of drug-likeness (QED) is 0.725. The first-order valence-electron chi connectivity index (χ1n) is 3.86. The summed E-state index contributed by atoms with van der Waals surface area (Å²) in [5, 5.41) is 18.3. The molecule has 0 spiro atoms. The summed E-state index contributed by atoms with van der Waals surface area (Å²) in [6.07, 6.45) is 1.41. The van der Waals surface area contributed by atoms with Gasteiger partial charge in [0, 0.05) is 23.1 Å². The first-order valence-corrected chi connectivity index (χ1v) is 5.58. The number of hydrogen-bond acceptors (Lipinski definition) is 4. The van der Waals surface area contributed by atoms with Gasteiger partial charge in [0.25, 0.3) is 0 Å². The fourth-order valence-corrected chi connectivity index (χ4v) is 1.54. The van der Waals surface area contributed by atoms with E-state index in [4.69, 9.17) is 5.11 Å². The van der Waals surface area contributed by atoms with Gasteiger partial charge in [0.15, 0.2) is 5.78 Å². The number of phenols is 2. The summed E-state index contributed by atoms with van der Waals surface area (Å²) in [6.45, 7) is 0. The molecule has 0 aliphatic heterocycles. The zero-order valence-electron chi connectivity index (χ0n) is 7.56. The number of carbonyl (C=O) groups is 1. The number of benzene rings is 1. The van der Waals surface area contributed by atoms with Crippen LogP contribution in [0.25, 0.3) is 0 Å². The van der Waals surface area contributed by atoms with E-state index in [-0.39, 0.29) is 22.8 Å². The van der Waals surface area contributed by atoms with Crippen LogP contribution in [0.4, 0.5) is 0 Å². The first kappa shape index (κ1) is 10.7. The Morgan fingerprint density at radius 3 is 2.57 bits per heavy atom. The van der Waals surface area contributed by atoms with Crippen LogP contribution >= 0.6 is 0 Å². The number of hydrogen-bond donors (Lipinski definition) is 2. The van der Waals surface area contributed by atoms with E-state index in [1.165, 1.54) is 18.4 Å². The van der Waals surface area contributed by atoms with Crippen LogP contribution in [0.15, 0.2) is 18.2 Å². The average molecular weight is 214 g/mol. The van der Waals surface area contributed by atoms with Gasteiger partial charge in [-0.25, -0.2) is 0 Å². The van der Waals surface area contributed by atoms with Gasteiger partial charge in [-0.2, -0.15) is 0 Å². The molecule has 0 saturated heterocycles. The van der Waals surface area contributed by atoms with Crippen LogP contribution in [0.3, 0.4) is 0 Å². The molecule has 5 heteroatoms. The Morgan fingerprint density at radius 1 is 1.43 bits per heavy atom. The zero-order chi connectivity index (χ0) is 10.7. The highest BCUT2D eigenvalue weighted by atomic mass is 32.2. The lowest BCUT2D eigenvalue weighted by Crippen LogP contribution is -2.09. The van der Waals surface area contributed by atoms with Crippen molar-refractivity contribution in [1.82, 2.24) is 0 Å². The lowest BCUT2D eigenvalue weighted by atomic mass is 10.1. The number of carbonyl (C=O) groups excluding carboxylic acids is 1. The molecule has 1 rings (SSSR count). The Labute approximate surface area is 83.7 Å². The second-order valence-electron chi connectivity index (χ2n) is 2.84. The third-order valence-electron chi connectivity index (χ3n) is 1.62. The predicted molar refractivity (Wildman–Crippen MR) is 53.0 cm³/mol. The third-order valence-corrected chi connectivity index (χ3v) is 2.28. The van der Waals surface area contributed by atoms with E-state index in [1.807, 2.05) is 0 Å². The molecule has 4 nitrogen and oxygen atoms in total. The van der Waals surface area contributed by atoms with Gasteiger partial charge in [-0.1, -0.05) is 0 Å². The highest BCUT2D eigenvalue weighted by molar-refractivity contribution is 7.85. The summed E-state index contributed by atoms with van der Waals surface area (Å²) in [4.78, 5) is 11.4. The molecule has 1 unspecified atom stereocenters. The van der Waals surface area contributed by atoms with Gasteiger partial charge >= 0.3 is 0 Å². The highest BCUT2D eigenvalue weighted by Gasteiger charge is 2.12. The van der Waals surface area contributed by atoms with Crippen LogP contribution in [0, 0.1) is 0 Å². The molecule has 0 heterocycles. The second kappa shape index (κ2) is 4.23. The fourth-order valence-electron chi connectivity index (χ4n) is 1.02. The van der Waals surface area contributed by atoms with Crippen molar-refractivity contribution in [2.45, 2.75) is 0 Å². The maximum absolute atomic E-state index is 11.4. The maximum Gasteiger partial charge on any atom is 0.179 e. The molecule has 0 saturated carbocycles. The average Bonchev–Trinajstić information content (AvgIpc) is 2.01. The Kier molecular flexibility index (Phi) is 3.24.